The molecule has 0 bridgehead atoms. The minimum atomic E-state index is -0.0791. The summed E-state index contributed by atoms with van der Waals surface area (Å²) in [6, 6.07) is 5.50. The van der Waals surface area contributed by atoms with Crippen molar-refractivity contribution in [1.82, 2.24) is 9.78 Å². The number of fused-ring (bicyclic) bond motifs is 1. The zero-order valence-corrected chi connectivity index (χ0v) is 12.1. The van der Waals surface area contributed by atoms with Crippen LogP contribution >= 0.6 is 0 Å². The van der Waals surface area contributed by atoms with Gasteiger partial charge in [-0.25, -0.2) is 4.68 Å². The quantitative estimate of drug-likeness (QED) is 0.787. The number of hydrogen-bond acceptors (Lipinski definition) is 4. The first kappa shape index (κ1) is 13.4. The molecule has 1 aliphatic rings. The highest BCUT2D eigenvalue weighted by atomic mass is 16.5. The number of hydrogen-bond donors (Lipinski definition) is 0. The first-order valence-electron chi connectivity index (χ1n) is 6.58. The summed E-state index contributed by atoms with van der Waals surface area (Å²) < 4.78 is 7.18. The number of aromatic nitrogens is 2. The number of ether oxygens (including phenoxy) is 1. The molecule has 0 saturated carbocycles. The van der Waals surface area contributed by atoms with Crippen molar-refractivity contribution < 1.29 is 14.3 Å². The fraction of sp³-hybridized carbons (Fsp3) is 0.267. The zero-order valence-electron chi connectivity index (χ0n) is 12.1. The Hall–Kier alpha value is -2.63. The lowest BCUT2D eigenvalue weighted by molar-refractivity contribution is -0.120. The van der Waals surface area contributed by atoms with Crippen LogP contribution in [0.4, 0.5) is 5.69 Å². The van der Waals surface area contributed by atoms with Crippen molar-refractivity contribution in [3.63, 3.8) is 0 Å². The molecule has 0 fully saturated rings. The van der Waals surface area contributed by atoms with Crippen LogP contribution < -0.4 is 9.64 Å². The summed E-state index contributed by atoms with van der Waals surface area (Å²) in [5.41, 5.74) is 3.59. The van der Waals surface area contributed by atoms with Gasteiger partial charge in [-0.2, -0.15) is 5.10 Å². The molecule has 1 aliphatic heterocycles. The van der Waals surface area contributed by atoms with Gasteiger partial charge in [0.2, 0.25) is 0 Å². The maximum atomic E-state index is 11.6. The molecule has 2 heterocycles. The molecule has 0 saturated heterocycles. The Labute approximate surface area is 121 Å². The number of benzene rings is 1. The number of nitrogens with zero attached hydrogens (tertiary/aromatic N) is 3. The van der Waals surface area contributed by atoms with Gasteiger partial charge in [-0.3, -0.25) is 9.59 Å². The minimum Gasteiger partial charge on any atom is -0.481 e. The van der Waals surface area contributed by atoms with E-state index in [-0.39, 0.29) is 12.5 Å². The lowest BCUT2D eigenvalue weighted by Gasteiger charge is -2.26. The SMILES string of the molecule is Cc1nn(-c2ccc3c(c2)OCC(=O)N3C)c(C)c1C=O. The Bertz CT molecular complexity index is 749. The van der Waals surface area contributed by atoms with E-state index < -0.39 is 0 Å². The van der Waals surface area contributed by atoms with Crippen molar-refractivity contribution in [2.24, 2.45) is 0 Å². The van der Waals surface area contributed by atoms with E-state index in [0.717, 1.165) is 23.4 Å². The topological polar surface area (TPSA) is 64.4 Å². The molecule has 2 aromatic rings. The molecule has 1 aromatic heterocycles. The summed E-state index contributed by atoms with van der Waals surface area (Å²) in [5, 5.41) is 4.38. The van der Waals surface area contributed by atoms with Gasteiger partial charge in [0.25, 0.3) is 5.91 Å². The molecule has 0 atom stereocenters. The van der Waals surface area contributed by atoms with Crippen molar-refractivity contribution in [3.8, 4) is 11.4 Å². The van der Waals surface area contributed by atoms with Gasteiger partial charge in [0.15, 0.2) is 12.9 Å². The maximum absolute atomic E-state index is 11.6. The Morgan fingerprint density at radius 3 is 2.76 bits per heavy atom. The van der Waals surface area contributed by atoms with Gasteiger partial charge < -0.3 is 9.64 Å². The molecule has 0 aliphatic carbocycles. The minimum absolute atomic E-state index is 0.0314. The monoisotopic (exact) mass is 285 g/mol. The Kier molecular flexibility index (Phi) is 3.01. The van der Waals surface area contributed by atoms with Gasteiger partial charge >= 0.3 is 0 Å². The average molecular weight is 285 g/mol. The van der Waals surface area contributed by atoms with E-state index in [1.54, 1.807) is 23.6 Å². The summed E-state index contributed by atoms with van der Waals surface area (Å²) in [4.78, 5) is 24.2. The van der Waals surface area contributed by atoms with Gasteiger partial charge in [-0.1, -0.05) is 0 Å². The molecule has 0 unspecified atom stereocenters. The lowest BCUT2D eigenvalue weighted by atomic mass is 10.2. The highest BCUT2D eigenvalue weighted by molar-refractivity contribution is 5.97. The number of aryl methyl sites for hydroxylation is 1. The summed E-state index contributed by atoms with van der Waals surface area (Å²) in [7, 11) is 1.72. The first-order chi connectivity index (χ1) is 10.0. The molecule has 21 heavy (non-hydrogen) atoms. The normalized spacial score (nSPS) is 13.9. The summed E-state index contributed by atoms with van der Waals surface area (Å²) in [6.45, 7) is 3.68. The predicted octanol–water partition coefficient (Wildman–Crippen LogP) is 1.66. The molecule has 6 nitrogen and oxygen atoms in total. The average Bonchev–Trinajstić information content (AvgIpc) is 2.77. The van der Waals surface area contributed by atoms with Crippen LogP contribution in [-0.2, 0) is 4.79 Å². The molecule has 1 amide bonds. The van der Waals surface area contributed by atoms with E-state index in [2.05, 4.69) is 5.10 Å². The van der Waals surface area contributed by atoms with Crippen molar-refractivity contribution in [2.45, 2.75) is 13.8 Å². The van der Waals surface area contributed by atoms with E-state index in [1.807, 2.05) is 25.1 Å². The van der Waals surface area contributed by atoms with Crippen molar-refractivity contribution in [3.05, 3.63) is 35.2 Å². The summed E-state index contributed by atoms with van der Waals surface area (Å²) >= 11 is 0. The number of aldehydes is 1. The third-order valence-corrected chi connectivity index (χ3v) is 3.74. The third-order valence-electron chi connectivity index (χ3n) is 3.74. The van der Waals surface area contributed by atoms with Crippen LogP contribution in [0.15, 0.2) is 18.2 Å². The van der Waals surface area contributed by atoms with E-state index >= 15 is 0 Å². The molecule has 108 valence electrons. The Morgan fingerprint density at radius 2 is 2.10 bits per heavy atom. The van der Waals surface area contributed by atoms with Gasteiger partial charge in [0.05, 0.1) is 28.3 Å². The number of likely N-dealkylation sites (N-methyl/N-ethyl adjacent to an activating group) is 1. The van der Waals surface area contributed by atoms with Gasteiger partial charge in [-0.15, -0.1) is 0 Å². The molecule has 0 radical (unpaired) electrons. The number of carbonyl (C=O) groups excluding carboxylic acids is 2. The number of amides is 1. The lowest BCUT2D eigenvalue weighted by Crippen LogP contribution is -2.35. The van der Waals surface area contributed by atoms with Crippen LogP contribution in [0.1, 0.15) is 21.7 Å². The fourth-order valence-corrected chi connectivity index (χ4v) is 2.47. The first-order valence-corrected chi connectivity index (χ1v) is 6.58. The Morgan fingerprint density at radius 1 is 1.33 bits per heavy atom. The Balaban J connectivity index is 2.10. The smallest absolute Gasteiger partial charge is 0.264 e. The molecular weight excluding hydrogens is 270 g/mol. The van der Waals surface area contributed by atoms with Gasteiger partial charge in [-0.05, 0) is 26.0 Å². The number of anilines is 1. The van der Waals surface area contributed by atoms with Gasteiger partial charge in [0.1, 0.15) is 5.75 Å². The third kappa shape index (κ3) is 1.99. The molecule has 3 rings (SSSR count). The second-order valence-electron chi connectivity index (χ2n) is 5.01. The summed E-state index contributed by atoms with van der Waals surface area (Å²) in [5.74, 6) is 0.555. The highest BCUT2D eigenvalue weighted by Gasteiger charge is 2.23. The van der Waals surface area contributed by atoms with E-state index in [9.17, 15) is 9.59 Å². The van der Waals surface area contributed by atoms with E-state index in [4.69, 9.17) is 4.74 Å². The van der Waals surface area contributed by atoms with Crippen LogP contribution in [0.5, 0.6) is 5.75 Å². The highest BCUT2D eigenvalue weighted by Crippen LogP contribution is 2.33. The standard InChI is InChI=1S/C15H15N3O3/c1-9-12(7-19)10(2)18(16-9)11-4-5-13-14(6-11)21-8-15(20)17(13)3/h4-7H,8H2,1-3H3. The zero-order chi connectivity index (χ0) is 15.1. The van der Waals surface area contributed by atoms with Gasteiger partial charge in [0, 0.05) is 13.1 Å². The van der Waals surface area contributed by atoms with Crippen molar-refractivity contribution in [2.75, 3.05) is 18.6 Å². The largest absolute Gasteiger partial charge is 0.481 e. The maximum Gasteiger partial charge on any atom is 0.264 e. The molecule has 6 heteroatoms. The van der Waals surface area contributed by atoms with Crippen LogP contribution in [0.25, 0.3) is 5.69 Å². The predicted molar refractivity (Wildman–Crippen MR) is 77.3 cm³/mol. The van der Waals surface area contributed by atoms with Crippen LogP contribution in [0, 0.1) is 13.8 Å². The molecule has 0 spiro atoms. The fourth-order valence-electron chi connectivity index (χ4n) is 2.47. The summed E-state index contributed by atoms with van der Waals surface area (Å²) in [6.07, 6.45) is 0.815. The van der Waals surface area contributed by atoms with E-state index in [1.165, 1.54) is 0 Å². The van der Waals surface area contributed by atoms with Crippen molar-refractivity contribution >= 4 is 17.9 Å². The van der Waals surface area contributed by atoms with Crippen molar-refractivity contribution in [1.29, 1.82) is 0 Å². The molecule has 1 aromatic carbocycles. The number of carbonyl (C=O) groups is 2. The second-order valence-corrected chi connectivity index (χ2v) is 5.01. The van der Waals surface area contributed by atoms with E-state index in [0.29, 0.717) is 17.0 Å². The second kappa shape index (κ2) is 4.73. The number of rotatable bonds is 2. The van der Waals surface area contributed by atoms with Crippen LogP contribution in [0.2, 0.25) is 0 Å². The van der Waals surface area contributed by atoms with Crippen LogP contribution in [-0.4, -0.2) is 35.6 Å². The van der Waals surface area contributed by atoms with Crippen LogP contribution in [0.3, 0.4) is 0 Å². The molecular formula is C15H15N3O3. The molecule has 0 N–H and O–H groups in total.